The molecular weight excluding hydrogens is 356 g/mol. The molecule has 0 bridgehead atoms. The van der Waals surface area contributed by atoms with Crippen LogP contribution in [0.4, 0.5) is 4.79 Å². The summed E-state index contributed by atoms with van der Waals surface area (Å²) in [6, 6.07) is 3.40. The number of hydrogen-bond acceptors (Lipinski definition) is 6. The lowest BCUT2D eigenvalue weighted by Gasteiger charge is -2.19. The first-order chi connectivity index (χ1) is 12.2. The van der Waals surface area contributed by atoms with Gasteiger partial charge >= 0.3 is 6.09 Å². The Balaban J connectivity index is 1.70. The number of aryl methyl sites for hydroxylation is 1. The van der Waals surface area contributed by atoms with Crippen molar-refractivity contribution in [3.63, 3.8) is 0 Å². The molecule has 2 rings (SSSR count). The molecule has 9 heteroatoms. The van der Waals surface area contributed by atoms with Gasteiger partial charge in [-0.2, -0.15) is 0 Å². The van der Waals surface area contributed by atoms with E-state index in [4.69, 9.17) is 9.15 Å². The zero-order valence-corrected chi connectivity index (χ0v) is 16.2. The Bertz CT molecular complexity index is 748. The number of alkyl carbamates (subject to hydrolysis) is 1. The van der Waals surface area contributed by atoms with Crippen LogP contribution in [0.1, 0.15) is 37.1 Å². The van der Waals surface area contributed by atoms with Gasteiger partial charge in [0.15, 0.2) is 10.9 Å². The predicted molar refractivity (Wildman–Crippen MR) is 98.0 cm³/mol. The minimum Gasteiger partial charge on any atom is -0.455 e. The van der Waals surface area contributed by atoms with Crippen molar-refractivity contribution >= 4 is 23.8 Å². The molecule has 2 amide bonds. The van der Waals surface area contributed by atoms with E-state index >= 15 is 0 Å². The summed E-state index contributed by atoms with van der Waals surface area (Å²) in [5, 5.41) is 6.13. The number of aromatic nitrogens is 2. The minimum atomic E-state index is -0.551. The molecule has 2 heterocycles. The molecule has 0 atom stereocenters. The van der Waals surface area contributed by atoms with Gasteiger partial charge in [0.1, 0.15) is 11.4 Å². The van der Waals surface area contributed by atoms with Crippen molar-refractivity contribution in [3.8, 4) is 0 Å². The van der Waals surface area contributed by atoms with Crippen molar-refractivity contribution in [3.05, 3.63) is 36.0 Å². The van der Waals surface area contributed by atoms with Gasteiger partial charge in [-0.05, 0) is 32.9 Å². The van der Waals surface area contributed by atoms with Gasteiger partial charge in [-0.15, -0.1) is 0 Å². The van der Waals surface area contributed by atoms with Crippen LogP contribution in [0.2, 0.25) is 0 Å². The molecule has 0 saturated heterocycles. The van der Waals surface area contributed by atoms with Crippen LogP contribution in [0.25, 0.3) is 0 Å². The van der Waals surface area contributed by atoms with E-state index in [0.29, 0.717) is 11.5 Å². The van der Waals surface area contributed by atoms with Crippen molar-refractivity contribution < 1.29 is 18.7 Å². The summed E-state index contributed by atoms with van der Waals surface area (Å²) >= 11 is 1.53. The molecule has 8 nitrogen and oxygen atoms in total. The third-order valence-corrected chi connectivity index (χ3v) is 4.17. The summed E-state index contributed by atoms with van der Waals surface area (Å²) in [4.78, 5) is 27.8. The maximum Gasteiger partial charge on any atom is 0.407 e. The number of amides is 2. The molecule has 2 aromatic heterocycles. The quantitative estimate of drug-likeness (QED) is 0.566. The summed E-state index contributed by atoms with van der Waals surface area (Å²) in [5.41, 5.74) is -0.551. The lowest BCUT2D eigenvalue weighted by molar-refractivity contribution is 0.0526. The van der Waals surface area contributed by atoms with Gasteiger partial charge in [-0.3, -0.25) is 4.79 Å². The number of furan rings is 1. The van der Waals surface area contributed by atoms with E-state index in [-0.39, 0.29) is 24.8 Å². The Hall–Kier alpha value is -2.42. The Kier molecular flexibility index (Phi) is 6.73. The number of rotatable bonds is 7. The van der Waals surface area contributed by atoms with Crippen LogP contribution < -0.4 is 10.6 Å². The van der Waals surface area contributed by atoms with Gasteiger partial charge in [0.2, 0.25) is 0 Å². The van der Waals surface area contributed by atoms with Crippen molar-refractivity contribution in [2.45, 2.75) is 37.3 Å². The Morgan fingerprint density at radius 3 is 2.65 bits per heavy atom. The first-order valence-corrected chi connectivity index (χ1v) is 9.17. The largest absolute Gasteiger partial charge is 0.455 e. The Morgan fingerprint density at radius 2 is 2.00 bits per heavy atom. The number of thioether (sulfide) groups is 1. The molecule has 0 fully saturated rings. The molecule has 0 radical (unpaired) electrons. The number of nitrogens with one attached hydrogen (secondary N) is 2. The standard InChI is InChI=1S/C17H24N4O4S/c1-17(2,3)25-16(23)20-8-7-18-14(22)13-6-5-12(24-13)11-26-15-19-9-10-21(15)4/h5-6,9-10H,7-8,11H2,1-4H3,(H,18,22)(H,20,23). The van der Waals surface area contributed by atoms with Crippen molar-refractivity contribution in [1.82, 2.24) is 20.2 Å². The van der Waals surface area contributed by atoms with Gasteiger partial charge < -0.3 is 24.4 Å². The van der Waals surface area contributed by atoms with Gasteiger partial charge in [0.05, 0.1) is 5.75 Å². The number of carbonyl (C=O) groups excluding carboxylic acids is 2. The van der Waals surface area contributed by atoms with E-state index < -0.39 is 11.7 Å². The summed E-state index contributed by atoms with van der Waals surface area (Å²) in [5.74, 6) is 1.18. The second-order valence-corrected chi connectivity index (χ2v) is 7.50. The highest BCUT2D eigenvalue weighted by atomic mass is 32.2. The fourth-order valence-electron chi connectivity index (χ4n) is 1.95. The smallest absolute Gasteiger partial charge is 0.407 e. The first kappa shape index (κ1) is 19.9. The molecule has 0 aliphatic rings. The summed E-state index contributed by atoms with van der Waals surface area (Å²) in [6.45, 7) is 5.90. The van der Waals surface area contributed by atoms with E-state index in [1.165, 1.54) is 11.8 Å². The highest BCUT2D eigenvalue weighted by Crippen LogP contribution is 2.21. The van der Waals surface area contributed by atoms with E-state index in [2.05, 4.69) is 15.6 Å². The van der Waals surface area contributed by atoms with Crippen LogP contribution >= 0.6 is 11.8 Å². The predicted octanol–water partition coefficient (Wildman–Crippen LogP) is 2.56. The van der Waals surface area contributed by atoms with Crippen molar-refractivity contribution in [1.29, 1.82) is 0 Å². The number of ether oxygens (including phenoxy) is 1. The van der Waals surface area contributed by atoms with Crippen LogP contribution in [0.15, 0.2) is 34.1 Å². The molecule has 0 aromatic carbocycles. The molecule has 2 N–H and O–H groups in total. The van der Waals surface area contributed by atoms with Gasteiger partial charge in [0.25, 0.3) is 5.91 Å². The van der Waals surface area contributed by atoms with Crippen molar-refractivity contribution in [2.24, 2.45) is 7.05 Å². The Morgan fingerprint density at radius 1 is 1.27 bits per heavy atom. The molecule has 142 valence electrons. The average Bonchev–Trinajstić information content (AvgIpc) is 3.16. The van der Waals surface area contributed by atoms with Gasteiger partial charge in [-0.1, -0.05) is 11.8 Å². The number of nitrogens with zero attached hydrogens (tertiary/aromatic N) is 2. The number of imidazole rings is 1. The maximum atomic E-state index is 12.0. The minimum absolute atomic E-state index is 0.234. The van der Waals surface area contributed by atoms with Crippen LogP contribution in [-0.2, 0) is 17.5 Å². The third kappa shape index (κ3) is 6.47. The van der Waals surface area contributed by atoms with E-state index in [1.807, 2.05) is 17.8 Å². The highest BCUT2D eigenvalue weighted by molar-refractivity contribution is 7.98. The molecule has 0 unspecified atom stereocenters. The first-order valence-electron chi connectivity index (χ1n) is 8.18. The van der Waals surface area contributed by atoms with E-state index in [0.717, 1.165) is 5.16 Å². The molecule has 0 aliphatic carbocycles. The topological polar surface area (TPSA) is 98.4 Å². The van der Waals surface area contributed by atoms with Crippen LogP contribution in [0, 0.1) is 0 Å². The third-order valence-electron chi connectivity index (χ3n) is 3.08. The van der Waals surface area contributed by atoms with Crippen LogP contribution in [0.5, 0.6) is 0 Å². The highest BCUT2D eigenvalue weighted by Gasteiger charge is 2.16. The normalized spacial score (nSPS) is 11.2. The van der Waals surface area contributed by atoms with E-state index in [9.17, 15) is 9.59 Å². The summed E-state index contributed by atoms with van der Waals surface area (Å²) in [6.07, 6.45) is 3.09. The molecule has 0 aliphatic heterocycles. The van der Waals surface area contributed by atoms with Crippen molar-refractivity contribution in [2.75, 3.05) is 13.1 Å². The van der Waals surface area contributed by atoms with Gasteiger partial charge in [-0.25, -0.2) is 9.78 Å². The molecular formula is C17H24N4O4S. The zero-order valence-electron chi connectivity index (χ0n) is 15.4. The number of carbonyl (C=O) groups is 2. The lowest BCUT2D eigenvalue weighted by atomic mass is 10.2. The average molecular weight is 380 g/mol. The zero-order chi connectivity index (χ0) is 19.2. The fraction of sp³-hybridized carbons (Fsp3) is 0.471. The molecule has 26 heavy (non-hydrogen) atoms. The monoisotopic (exact) mass is 380 g/mol. The molecule has 2 aromatic rings. The van der Waals surface area contributed by atoms with Crippen LogP contribution in [-0.4, -0.2) is 40.2 Å². The fourth-order valence-corrected chi connectivity index (χ4v) is 2.77. The Labute approximate surface area is 156 Å². The second-order valence-electron chi connectivity index (χ2n) is 6.56. The SMILES string of the molecule is Cn1ccnc1SCc1ccc(C(=O)NCCNC(=O)OC(C)(C)C)o1. The summed E-state index contributed by atoms with van der Waals surface area (Å²) < 4.78 is 12.6. The summed E-state index contributed by atoms with van der Waals surface area (Å²) in [7, 11) is 1.92. The van der Waals surface area contributed by atoms with Crippen LogP contribution in [0.3, 0.4) is 0 Å². The lowest BCUT2D eigenvalue weighted by Crippen LogP contribution is -2.37. The molecule has 0 spiro atoms. The molecule has 0 saturated carbocycles. The van der Waals surface area contributed by atoms with Gasteiger partial charge in [0, 0.05) is 32.5 Å². The number of hydrogen-bond donors (Lipinski definition) is 2. The second kappa shape index (κ2) is 8.79. The maximum absolute atomic E-state index is 12.0. The van der Waals surface area contributed by atoms with E-state index in [1.54, 1.807) is 39.1 Å².